The molecule has 1 unspecified atom stereocenters. The second-order valence-electron chi connectivity index (χ2n) is 4.67. The van der Waals surface area contributed by atoms with E-state index in [0.717, 1.165) is 6.07 Å². The molecule has 2 aromatic rings. The summed E-state index contributed by atoms with van der Waals surface area (Å²) in [7, 11) is 0. The molecule has 2 aromatic carbocycles. The van der Waals surface area contributed by atoms with Crippen LogP contribution < -0.4 is 5.73 Å². The third-order valence-corrected chi connectivity index (χ3v) is 5.03. The van der Waals surface area contributed by atoms with E-state index in [1.54, 1.807) is 6.07 Å². The first kappa shape index (κ1) is 17.0. The molecule has 0 fully saturated rings. The molecule has 1 nitrogen and oxygen atoms in total. The van der Waals surface area contributed by atoms with Crippen molar-refractivity contribution in [3.8, 4) is 0 Å². The number of nitrogens with two attached hydrogens (primary N) is 1. The van der Waals surface area contributed by atoms with Gasteiger partial charge in [0, 0.05) is 15.1 Å². The lowest BCUT2D eigenvalue weighted by atomic mass is 9.85. The summed E-state index contributed by atoms with van der Waals surface area (Å²) in [6.07, 6.45) is 0. The van der Waals surface area contributed by atoms with Crippen molar-refractivity contribution in [3.05, 3.63) is 66.6 Å². The van der Waals surface area contributed by atoms with E-state index < -0.39 is 17.2 Å². The van der Waals surface area contributed by atoms with E-state index in [2.05, 4.69) is 15.9 Å². The van der Waals surface area contributed by atoms with Gasteiger partial charge in [0.05, 0.1) is 15.6 Å². The smallest absolute Gasteiger partial charge is 0.148 e. The van der Waals surface area contributed by atoms with Crippen LogP contribution in [0.15, 0.2) is 28.7 Å². The number of hydrogen-bond donors (Lipinski definition) is 1. The maximum Gasteiger partial charge on any atom is 0.148 e. The molecule has 0 radical (unpaired) electrons. The summed E-state index contributed by atoms with van der Waals surface area (Å²) in [4.78, 5) is 0. The minimum atomic E-state index is -1.38. The number of halogens is 6. The van der Waals surface area contributed by atoms with Crippen LogP contribution in [-0.2, 0) is 5.54 Å². The van der Waals surface area contributed by atoms with E-state index in [4.69, 9.17) is 40.5 Å². The summed E-state index contributed by atoms with van der Waals surface area (Å²) in [5.41, 5.74) is 5.12. The zero-order valence-corrected chi connectivity index (χ0v) is 14.5. The topological polar surface area (TPSA) is 26.0 Å². The monoisotopic (exact) mass is 413 g/mol. The van der Waals surface area contributed by atoms with Gasteiger partial charge in [-0.25, -0.2) is 8.78 Å². The second kappa shape index (κ2) is 6.01. The maximum atomic E-state index is 14.4. The largest absolute Gasteiger partial charge is 0.318 e. The predicted molar refractivity (Wildman–Crippen MR) is 86.2 cm³/mol. The average molecular weight is 415 g/mol. The van der Waals surface area contributed by atoms with Crippen LogP contribution in [0.3, 0.4) is 0 Å². The highest BCUT2D eigenvalue weighted by Gasteiger charge is 2.31. The molecule has 112 valence electrons. The minimum absolute atomic E-state index is 0.0966. The molecule has 0 saturated carbocycles. The molecule has 2 rings (SSSR count). The van der Waals surface area contributed by atoms with Gasteiger partial charge in [0.25, 0.3) is 0 Å². The van der Waals surface area contributed by atoms with Gasteiger partial charge >= 0.3 is 0 Å². The third kappa shape index (κ3) is 3.06. The van der Waals surface area contributed by atoms with Crippen molar-refractivity contribution >= 4 is 50.7 Å². The number of benzene rings is 2. The van der Waals surface area contributed by atoms with E-state index in [-0.39, 0.29) is 26.2 Å². The van der Waals surface area contributed by atoms with E-state index in [9.17, 15) is 8.78 Å². The first-order valence-corrected chi connectivity index (χ1v) is 7.66. The SMILES string of the molecule is CC(N)(c1cc(F)c(Cl)cc1Cl)c1ccc(Br)c(Cl)c1F. The van der Waals surface area contributed by atoms with E-state index in [0.29, 0.717) is 4.47 Å². The molecule has 21 heavy (non-hydrogen) atoms. The lowest BCUT2D eigenvalue weighted by Gasteiger charge is -2.28. The van der Waals surface area contributed by atoms with Gasteiger partial charge in [-0.3, -0.25) is 0 Å². The number of hydrogen-bond acceptors (Lipinski definition) is 1. The Balaban J connectivity index is 2.68. The highest BCUT2D eigenvalue weighted by molar-refractivity contribution is 9.10. The van der Waals surface area contributed by atoms with Gasteiger partial charge < -0.3 is 5.73 Å². The summed E-state index contributed by atoms with van der Waals surface area (Å²) in [5, 5.41) is -0.0894. The Labute approximate surface area is 144 Å². The summed E-state index contributed by atoms with van der Waals surface area (Å²) < 4.78 is 28.4. The Morgan fingerprint density at radius 3 is 2.29 bits per heavy atom. The van der Waals surface area contributed by atoms with Gasteiger partial charge in [-0.05, 0) is 46.6 Å². The van der Waals surface area contributed by atoms with Crippen LogP contribution in [0.4, 0.5) is 8.78 Å². The Morgan fingerprint density at radius 1 is 1.05 bits per heavy atom. The second-order valence-corrected chi connectivity index (χ2v) is 6.72. The van der Waals surface area contributed by atoms with Crippen molar-refractivity contribution in [3.63, 3.8) is 0 Å². The minimum Gasteiger partial charge on any atom is -0.318 e. The zero-order chi connectivity index (χ0) is 15.9. The van der Waals surface area contributed by atoms with Crippen LogP contribution >= 0.6 is 50.7 Å². The maximum absolute atomic E-state index is 14.4. The molecule has 2 N–H and O–H groups in total. The fraction of sp³-hybridized carbons (Fsp3) is 0.143. The first-order valence-electron chi connectivity index (χ1n) is 5.74. The molecule has 0 amide bonds. The predicted octanol–water partition coefficient (Wildman–Crippen LogP) is 5.91. The molecule has 0 aromatic heterocycles. The molecular weight excluding hydrogens is 406 g/mol. The van der Waals surface area contributed by atoms with Crippen molar-refractivity contribution in [1.29, 1.82) is 0 Å². The van der Waals surface area contributed by atoms with Crippen molar-refractivity contribution in [2.75, 3.05) is 0 Å². The van der Waals surface area contributed by atoms with Crippen LogP contribution in [0.1, 0.15) is 18.1 Å². The van der Waals surface area contributed by atoms with Gasteiger partial charge in [-0.2, -0.15) is 0 Å². The Bertz CT molecular complexity index is 716. The number of rotatable bonds is 2. The summed E-state index contributed by atoms with van der Waals surface area (Å²) in [6.45, 7) is 1.52. The van der Waals surface area contributed by atoms with Gasteiger partial charge in [0.1, 0.15) is 11.6 Å². The molecule has 7 heteroatoms. The quantitative estimate of drug-likeness (QED) is 0.479. The highest BCUT2D eigenvalue weighted by atomic mass is 79.9. The molecule has 0 bridgehead atoms. The molecule has 0 heterocycles. The fourth-order valence-corrected chi connectivity index (χ4v) is 3.04. The molecule has 0 aliphatic heterocycles. The molecule has 0 spiro atoms. The zero-order valence-electron chi connectivity index (χ0n) is 10.7. The summed E-state index contributed by atoms with van der Waals surface area (Å²) >= 11 is 20.7. The van der Waals surface area contributed by atoms with E-state index in [1.807, 2.05) is 0 Å². The van der Waals surface area contributed by atoms with E-state index in [1.165, 1.54) is 19.1 Å². The Morgan fingerprint density at radius 2 is 1.67 bits per heavy atom. The lowest BCUT2D eigenvalue weighted by molar-refractivity contribution is 0.526. The molecule has 1 atom stereocenters. The standard InChI is InChI=1S/C14H9BrCl3F2N/c1-14(21,6-2-3-8(15)12(18)13(6)20)7-4-11(19)10(17)5-9(7)16/h2-5H,21H2,1H3. The Hall–Kier alpha value is -0.390. The normalized spacial score (nSPS) is 14.1. The van der Waals surface area contributed by atoms with Gasteiger partial charge in [0.15, 0.2) is 0 Å². The highest BCUT2D eigenvalue weighted by Crippen LogP contribution is 2.38. The average Bonchev–Trinajstić information content (AvgIpc) is 2.39. The van der Waals surface area contributed by atoms with Gasteiger partial charge in [-0.15, -0.1) is 0 Å². The van der Waals surface area contributed by atoms with Crippen LogP contribution in [0, 0.1) is 11.6 Å². The van der Waals surface area contributed by atoms with E-state index >= 15 is 0 Å². The third-order valence-electron chi connectivity index (χ3n) is 3.16. The Kier molecular flexibility index (Phi) is 4.86. The molecular formula is C14H9BrCl3F2N. The van der Waals surface area contributed by atoms with Crippen molar-refractivity contribution < 1.29 is 8.78 Å². The van der Waals surface area contributed by atoms with Crippen LogP contribution in [0.25, 0.3) is 0 Å². The van der Waals surface area contributed by atoms with Gasteiger partial charge in [0.2, 0.25) is 0 Å². The van der Waals surface area contributed by atoms with Crippen molar-refractivity contribution in [1.82, 2.24) is 0 Å². The lowest BCUT2D eigenvalue weighted by Crippen LogP contribution is -2.36. The summed E-state index contributed by atoms with van der Waals surface area (Å²) in [5.74, 6) is -1.38. The van der Waals surface area contributed by atoms with Gasteiger partial charge in [-0.1, -0.05) is 40.9 Å². The molecule has 0 aliphatic rings. The van der Waals surface area contributed by atoms with Crippen LogP contribution in [-0.4, -0.2) is 0 Å². The van der Waals surface area contributed by atoms with Crippen molar-refractivity contribution in [2.24, 2.45) is 5.73 Å². The molecule has 0 aliphatic carbocycles. The van der Waals surface area contributed by atoms with Crippen molar-refractivity contribution in [2.45, 2.75) is 12.5 Å². The molecule has 0 saturated heterocycles. The van der Waals surface area contributed by atoms with Crippen LogP contribution in [0.2, 0.25) is 15.1 Å². The van der Waals surface area contributed by atoms with Crippen LogP contribution in [0.5, 0.6) is 0 Å². The first-order chi connectivity index (χ1) is 9.66. The fourth-order valence-electron chi connectivity index (χ4n) is 1.99. The summed E-state index contributed by atoms with van der Waals surface area (Å²) in [6, 6.07) is 5.36.